The first-order valence-electron chi connectivity index (χ1n) is 6.43. The summed E-state index contributed by atoms with van der Waals surface area (Å²) < 4.78 is 21.1. The van der Waals surface area contributed by atoms with Gasteiger partial charge in [-0.3, -0.25) is 4.79 Å². The highest BCUT2D eigenvalue weighted by atomic mass is 16.6. The molecule has 6 heteroatoms. The zero-order valence-corrected chi connectivity index (χ0v) is 12.3. The molecule has 0 amide bonds. The van der Waals surface area contributed by atoms with Gasteiger partial charge in [-0.1, -0.05) is 6.07 Å². The highest BCUT2D eigenvalue weighted by Gasteiger charge is 2.22. The Kier molecular flexibility index (Phi) is 4.16. The molecule has 1 aromatic carbocycles. The second kappa shape index (κ2) is 5.87. The van der Waals surface area contributed by atoms with E-state index in [9.17, 15) is 9.59 Å². The third-order valence-corrected chi connectivity index (χ3v) is 2.63. The number of carbonyl (C=O) groups is 1. The number of benzene rings is 1. The van der Waals surface area contributed by atoms with Crippen LogP contribution in [0.5, 0.6) is 17.2 Å². The van der Waals surface area contributed by atoms with Crippen LogP contribution in [0.3, 0.4) is 0 Å². The number of esters is 1. The van der Waals surface area contributed by atoms with Gasteiger partial charge >= 0.3 is 11.6 Å². The van der Waals surface area contributed by atoms with Crippen molar-refractivity contribution >= 4 is 16.9 Å². The van der Waals surface area contributed by atoms with Gasteiger partial charge in [0.05, 0.1) is 13.2 Å². The molecule has 0 atom stereocenters. The molecule has 0 saturated carbocycles. The van der Waals surface area contributed by atoms with Gasteiger partial charge in [0.25, 0.3) is 5.75 Å². The summed E-state index contributed by atoms with van der Waals surface area (Å²) in [6, 6.07) is 5.01. The quantitative estimate of drug-likeness (QED) is 0.636. The molecule has 0 radical (unpaired) electrons. The Labute approximate surface area is 121 Å². The standard InChI is InChI=1S/C15H16O6/c1-8(2)19-13-12-10(18-4)6-5-7-11(12)21-15(17)14(13)20-9(3)16/h5-8H,1-4H3. The number of carbonyl (C=O) groups excluding carboxylic acids is 1. The average Bonchev–Trinajstić information content (AvgIpc) is 2.41. The molecule has 0 bridgehead atoms. The van der Waals surface area contributed by atoms with E-state index in [0.717, 1.165) is 0 Å². The number of ether oxygens (including phenoxy) is 3. The molecule has 0 aliphatic heterocycles. The zero-order valence-electron chi connectivity index (χ0n) is 12.3. The first-order chi connectivity index (χ1) is 9.93. The van der Waals surface area contributed by atoms with E-state index in [4.69, 9.17) is 18.6 Å². The maximum absolute atomic E-state index is 12.0. The fourth-order valence-electron chi connectivity index (χ4n) is 1.92. The molecule has 1 heterocycles. The van der Waals surface area contributed by atoms with Gasteiger partial charge in [0.2, 0.25) is 0 Å². The van der Waals surface area contributed by atoms with E-state index in [-0.39, 0.29) is 17.6 Å². The van der Waals surface area contributed by atoms with Crippen molar-refractivity contribution in [1.82, 2.24) is 0 Å². The van der Waals surface area contributed by atoms with Crippen molar-refractivity contribution in [2.45, 2.75) is 26.9 Å². The van der Waals surface area contributed by atoms with Gasteiger partial charge in [-0.25, -0.2) is 4.79 Å². The molecular weight excluding hydrogens is 276 g/mol. The maximum atomic E-state index is 12.0. The molecule has 0 spiro atoms. The summed E-state index contributed by atoms with van der Waals surface area (Å²) in [5, 5.41) is 0.449. The summed E-state index contributed by atoms with van der Waals surface area (Å²) >= 11 is 0. The summed E-state index contributed by atoms with van der Waals surface area (Å²) in [6.45, 7) is 4.80. The largest absolute Gasteiger partial charge is 0.496 e. The summed E-state index contributed by atoms with van der Waals surface area (Å²) in [5.74, 6) is -0.303. The fourth-order valence-corrected chi connectivity index (χ4v) is 1.92. The highest BCUT2D eigenvalue weighted by Crippen LogP contribution is 2.39. The third kappa shape index (κ3) is 2.99. The van der Waals surface area contributed by atoms with Crippen LogP contribution in [-0.2, 0) is 4.79 Å². The topological polar surface area (TPSA) is 75.0 Å². The van der Waals surface area contributed by atoms with Crippen LogP contribution in [0.25, 0.3) is 11.0 Å². The lowest BCUT2D eigenvalue weighted by atomic mass is 10.2. The molecule has 0 saturated heterocycles. The summed E-state index contributed by atoms with van der Waals surface area (Å²) in [5.41, 5.74) is -0.479. The van der Waals surface area contributed by atoms with Gasteiger partial charge in [0.15, 0.2) is 5.75 Å². The molecule has 1 aromatic heterocycles. The Hall–Kier alpha value is -2.50. The number of fused-ring (bicyclic) bond motifs is 1. The van der Waals surface area contributed by atoms with Gasteiger partial charge in [0, 0.05) is 6.92 Å². The molecule has 21 heavy (non-hydrogen) atoms. The Morgan fingerprint density at radius 2 is 1.95 bits per heavy atom. The monoisotopic (exact) mass is 292 g/mol. The lowest BCUT2D eigenvalue weighted by Crippen LogP contribution is -2.16. The van der Waals surface area contributed by atoms with E-state index in [2.05, 4.69) is 0 Å². The van der Waals surface area contributed by atoms with Crippen LogP contribution in [0, 0.1) is 0 Å². The molecule has 0 fully saturated rings. The van der Waals surface area contributed by atoms with E-state index in [1.807, 2.05) is 0 Å². The van der Waals surface area contributed by atoms with Crippen molar-refractivity contribution in [3.8, 4) is 17.2 Å². The zero-order chi connectivity index (χ0) is 15.6. The van der Waals surface area contributed by atoms with Crippen LogP contribution >= 0.6 is 0 Å². The van der Waals surface area contributed by atoms with Crippen LogP contribution < -0.4 is 19.8 Å². The van der Waals surface area contributed by atoms with Crippen LogP contribution in [0.15, 0.2) is 27.4 Å². The van der Waals surface area contributed by atoms with E-state index in [1.165, 1.54) is 14.0 Å². The predicted molar refractivity (Wildman–Crippen MR) is 76.1 cm³/mol. The SMILES string of the molecule is COc1cccc2oc(=O)c(OC(C)=O)c(OC(C)C)c12. The molecular formula is C15H16O6. The Morgan fingerprint density at radius 3 is 2.52 bits per heavy atom. The van der Waals surface area contributed by atoms with Gasteiger partial charge in [-0.15, -0.1) is 0 Å². The van der Waals surface area contributed by atoms with Crippen LogP contribution in [0.2, 0.25) is 0 Å². The maximum Gasteiger partial charge on any atom is 0.383 e. The molecule has 0 unspecified atom stereocenters. The Balaban J connectivity index is 2.84. The van der Waals surface area contributed by atoms with E-state index < -0.39 is 11.6 Å². The minimum absolute atomic E-state index is 0.143. The minimum Gasteiger partial charge on any atom is -0.496 e. The first kappa shape index (κ1) is 14.9. The molecule has 6 nitrogen and oxygen atoms in total. The summed E-state index contributed by atoms with van der Waals surface area (Å²) in [6.07, 6.45) is -0.228. The lowest BCUT2D eigenvalue weighted by molar-refractivity contribution is -0.132. The van der Waals surface area contributed by atoms with E-state index in [1.54, 1.807) is 32.0 Å². The Bertz CT molecular complexity index is 729. The molecule has 2 rings (SSSR count). The van der Waals surface area contributed by atoms with Crippen molar-refractivity contribution in [1.29, 1.82) is 0 Å². The van der Waals surface area contributed by atoms with E-state index in [0.29, 0.717) is 16.7 Å². The smallest absolute Gasteiger partial charge is 0.383 e. The second-order valence-electron chi connectivity index (χ2n) is 4.64. The molecule has 112 valence electrons. The number of rotatable bonds is 4. The highest BCUT2D eigenvalue weighted by molar-refractivity contribution is 5.92. The van der Waals surface area contributed by atoms with Crippen LogP contribution in [-0.4, -0.2) is 19.2 Å². The van der Waals surface area contributed by atoms with Gasteiger partial charge in [0.1, 0.15) is 16.7 Å². The van der Waals surface area contributed by atoms with Gasteiger partial charge in [-0.05, 0) is 26.0 Å². The van der Waals surface area contributed by atoms with Crippen molar-refractivity contribution in [3.05, 3.63) is 28.6 Å². The molecule has 0 aliphatic rings. The number of hydrogen-bond acceptors (Lipinski definition) is 6. The van der Waals surface area contributed by atoms with Crippen molar-refractivity contribution in [2.24, 2.45) is 0 Å². The predicted octanol–water partition coefficient (Wildman–Crippen LogP) is 2.51. The Morgan fingerprint density at radius 1 is 1.24 bits per heavy atom. The average molecular weight is 292 g/mol. The summed E-state index contributed by atoms with van der Waals surface area (Å²) in [7, 11) is 1.49. The minimum atomic E-state index is -0.776. The fraction of sp³-hybridized carbons (Fsp3) is 0.333. The lowest BCUT2D eigenvalue weighted by Gasteiger charge is -2.16. The molecule has 2 aromatic rings. The van der Waals surface area contributed by atoms with Crippen molar-refractivity contribution < 1.29 is 23.4 Å². The normalized spacial score (nSPS) is 10.7. The molecule has 0 N–H and O–H groups in total. The number of hydrogen-bond donors (Lipinski definition) is 0. The molecule has 0 aliphatic carbocycles. The third-order valence-electron chi connectivity index (χ3n) is 2.63. The first-order valence-corrected chi connectivity index (χ1v) is 6.43. The summed E-state index contributed by atoms with van der Waals surface area (Å²) in [4.78, 5) is 23.2. The van der Waals surface area contributed by atoms with Crippen LogP contribution in [0.4, 0.5) is 0 Å². The van der Waals surface area contributed by atoms with Crippen LogP contribution in [0.1, 0.15) is 20.8 Å². The van der Waals surface area contributed by atoms with Crippen molar-refractivity contribution in [2.75, 3.05) is 7.11 Å². The van der Waals surface area contributed by atoms with Crippen molar-refractivity contribution in [3.63, 3.8) is 0 Å². The van der Waals surface area contributed by atoms with Gasteiger partial charge < -0.3 is 18.6 Å². The second-order valence-corrected chi connectivity index (χ2v) is 4.64. The number of methoxy groups -OCH3 is 1. The van der Waals surface area contributed by atoms with E-state index >= 15 is 0 Å². The van der Waals surface area contributed by atoms with Gasteiger partial charge in [-0.2, -0.15) is 0 Å².